The van der Waals surface area contributed by atoms with Crippen LogP contribution in [0.2, 0.25) is 0 Å². The first-order chi connectivity index (χ1) is 5.66. The Morgan fingerprint density at radius 1 is 1.25 bits per heavy atom. The highest BCUT2D eigenvalue weighted by atomic mass is 15.1. The third-order valence-corrected chi connectivity index (χ3v) is 2.69. The molecule has 0 spiro atoms. The van der Waals surface area contributed by atoms with Gasteiger partial charge in [-0.25, -0.2) is 0 Å². The zero-order valence-electron chi connectivity index (χ0n) is 9.06. The van der Waals surface area contributed by atoms with Crippen LogP contribution in [0, 0.1) is 5.41 Å². The highest BCUT2D eigenvalue weighted by Crippen LogP contribution is 2.28. The molecule has 1 heterocycles. The van der Waals surface area contributed by atoms with Gasteiger partial charge in [-0.1, -0.05) is 20.8 Å². The molecule has 0 atom stereocenters. The molecule has 1 fully saturated rings. The molecule has 12 heavy (non-hydrogen) atoms. The standard InChI is InChI=1S/C8H18N2.C2H6/c1-8(7-9)3-5-10(2)6-4-8;1-2/h3-7,9H2,1-2H3;1-2H3. The summed E-state index contributed by atoms with van der Waals surface area (Å²) in [7, 11) is 2.18. The average Bonchev–Trinajstić information content (AvgIpc) is 2.14. The zero-order chi connectivity index (χ0) is 9.61. The zero-order valence-corrected chi connectivity index (χ0v) is 9.06. The maximum Gasteiger partial charge on any atom is -0.00161 e. The maximum atomic E-state index is 5.66. The molecule has 1 rings (SSSR count). The molecule has 2 nitrogen and oxygen atoms in total. The summed E-state index contributed by atoms with van der Waals surface area (Å²) in [6.45, 7) is 9.57. The van der Waals surface area contributed by atoms with Crippen LogP contribution in [-0.2, 0) is 0 Å². The quantitative estimate of drug-likeness (QED) is 0.652. The predicted molar refractivity (Wildman–Crippen MR) is 55.2 cm³/mol. The van der Waals surface area contributed by atoms with Crippen LogP contribution in [0.1, 0.15) is 33.6 Å². The Hall–Kier alpha value is -0.0800. The van der Waals surface area contributed by atoms with E-state index in [9.17, 15) is 0 Å². The minimum Gasteiger partial charge on any atom is -0.330 e. The fourth-order valence-corrected chi connectivity index (χ4v) is 1.36. The number of nitrogens with two attached hydrogens (primary N) is 1. The van der Waals surface area contributed by atoms with Gasteiger partial charge in [0, 0.05) is 0 Å². The van der Waals surface area contributed by atoms with E-state index in [1.807, 2.05) is 13.8 Å². The third kappa shape index (κ3) is 3.55. The Morgan fingerprint density at radius 3 is 2.00 bits per heavy atom. The van der Waals surface area contributed by atoms with Crippen LogP contribution in [0.3, 0.4) is 0 Å². The van der Waals surface area contributed by atoms with Gasteiger partial charge in [-0.05, 0) is 44.9 Å². The molecule has 0 aliphatic carbocycles. The van der Waals surface area contributed by atoms with Crippen LogP contribution in [-0.4, -0.2) is 31.6 Å². The maximum absolute atomic E-state index is 5.66. The Labute approximate surface area is 77.1 Å². The summed E-state index contributed by atoms with van der Waals surface area (Å²) in [4.78, 5) is 2.37. The Balaban J connectivity index is 0.000000561. The van der Waals surface area contributed by atoms with Gasteiger partial charge in [0.2, 0.25) is 0 Å². The van der Waals surface area contributed by atoms with E-state index in [1.54, 1.807) is 0 Å². The Morgan fingerprint density at radius 2 is 1.67 bits per heavy atom. The molecule has 0 bridgehead atoms. The number of rotatable bonds is 1. The van der Waals surface area contributed by atoms with Gasteiger partial charge in [0.05, 0.1) is 0 Å². The lowest BCUT2D eigenvalue weighted by Crippen LogP contribution is -2.40. The van der Waals surface area contributed by atoms with Gasteiger partial charge in [-0.3, -0.25) is 0 Å². The Kier molecular flexibility index (Phi) is 5.51. The number of hydrogen-bond donors (Lipinski definition) is 1. The number of hydrogen-bond acceptors (Lipinski definition) is 2. The first-order valence-corrected chi connectivity index (χ1v) is 5.05. The van der Waals surface area contributed by atoms with Crippen LogP contribution < -0.4 is 5.73 Å². The smallest absolute Gasteiger partial charge is 0.00161 e. The lowest BCUT2D eigenvalue weighted by atomic mass is 9.81. The SMILES string of the molecule is CC.CN1CCC(C)(CN)CC1. The van der Waals surface area contributed by atoms with E-state index in [1.165, 1.54) is 25.9 Å². The fraction of sp³-hybridized carbons (Fsp3) is 1.00. The summed E-state index contributed by atoms with van der Waals surface area (Å²) in [5.41, 5.74) is 6.10. The molecular formula is C10H24N2. The summed E-state index contributed by atoms with van der Waals surface area (Å²) in [5, 5.41) is 0. The summed E-state index contributed by atoms with van der Waals surface area (Å²) in [6, 6.07) is 0. The summed E-state index contributed by atoms with van der Waals surface area (Å²) >= 11 is 0. The number of nitrogens with zero attached hydrogens (tertiary/aromatic N) is 1. The van der Waals surface area contributed by atoms with Gasteiger partial charge in [0.15, 0.2) is 0 Å². The molecule has 0 amide bonds. The van der Waals surface area contributed by atoms with E-state index in [2.05, 4.69) is 18.9 Å². The second kappa shape index (κ2) is 5.55. The molecule has 0 aromatic carbocycles. The molecule has 0 aromatic heterocycles. The molecule has 1 aliphatic heterocycles. The van der Waals surface area contributed by atoms with E-state index in [0.717, 1.165) is 6.54 Å². The topological polar surface area (TPSA) is 29.3 Å². The lowest BCUT2D eigenvalue weighted by molar-refractivity contribution is 0.146. The minimum atomic E-state index is 0.437. The molecule has 0 aromatic rings. The van der Waals surface area contributed by atoms with Crippen molar-refractivity contribution < 1.29 is 0 Å². The first-order valence-electron chi connectivity index (χ1n) is 5.05. The van der Waals surface area contributed by atoms with E-state index in [0.29, 0.717) is 5.41 Å². The van der Waals surface area contributed by atoms with Gasteiger partial charge in [-0.15, -0.1) is 0 Å². The van der Waals surface area contributed by atoms with Crippen LogP contribution >= 0.6 is 0 Å². The van der Waals surface area contributed by atoms with Gasteiger partial charge >= 0.3 is 0 Å². The Bertz CT molecular complexity index is 104. The van der Waals surface area contributed by atoms with Crippen molar-refractivity contribution in [1.82, 2.24) is 4.90 Å². The highest BCUT2D eigenvalue weighted by Gasteiger charge is 2.26. The third-order valence-electron chi connectivity index (χ3n) is 2.69. The van der Waals surface area contributed by atoms with Crippen LogP contribution in [0.25, 0.3) is 0 Å². The largest absolute Gasteiger partial charge is 0.330 e. The van der Waals surface area contributed by atoms with E-state index < -0.39 is 0 Å². The van der Waals surface area contributed by atoms with Gasteiger partial charge in [0.25, 0.3) is 0 Å². The van der Waals surface area contributed by atoms with Crippen molar-refractivity contribution in [1.29, 1.82) is 0 Å². The monoisotopic (exact) mass is 172 g/mol. The highest BCUT2D eigenvalue weighted by molar-refractivity contribution is 4.81. The minimum absolute atomic E-state index is 0.437. The van der Waals surface area contributed by atoms with Crippen LogP contribution in [0.4, 0.5) is 0 Å². The van der Waals surface area contributed by atoms with Crippen molar-refractivity contribution in [3.8, 4) is 0 Å². The molecule has 0 radical (unpaired) electrons. The molecule has 1 saturated heterocycles. The van der Waals surface area contributed by atoms with Crippen molar-refractivity contribution in [2.75, 3.05) is 26.7 Å². The van der Waals surface area contributed by atoms with Crippen molar-refractivity contribution in [2.24, 2.45) is 11.1 Å². The van der Waals surface area contributed by atoms with Crippen molar-refractivity contribution in [2.45, 2.75) is 33.6 Å². The van der Waals surface area contributed by atoms with Gasteiger partial charge in [-0.2, -0.15) is 0 Å². The van der Waals surface area contributed by atoms with Crippen LogP contribution in [0.15, 0.2) is 0 Å². The van der Waals surface area contributed by atoms with E-state index in [4.69, 9.17) is 5.73 Å². The molecule has 2 heteroatoms. The summed E-state index contributed by atoms with van der Waals surface area (Å²) in [6.07, 6.45) is 2.53. The van der Waals surface area contributed by atoms with Crippen molar-refractivity contribution in [3.05, 3.63) is 0 Å². The molecule has 1 aliphatic rings. The number of piperidine rings is 1. The molecule has 2 N–H and O–H groups in total. The summed E-state index contributed by atoms with van der Waals surface area (Å²) in [5.74, 6) is 0. The van der Waals surface area contributed by atoms with Crippen molar-refractivity contribution >= 4 is 0 Å². The molecule has 0 unspecified atom stereocenters. The lowest BCUT2D eigenvalue weighted by Gasteiger charge is -2.36. The van der Waals surface area contributed by atoms with E-state index >= 15 is 0 Å². The molecular weight excluding hydrogens is 148 g/mol. The number of likely N-dealkylation sites (tertiary alicyclic amines) is 1. The second-order valence-corrected chi connectivity index (χ2v) is 3.82. The molecule has 74 valence electrons. The van der Waals surface area contributed by atoms with Gasteiger partial charge in [0.1, 0.15) is 0 Å². The fourth-order valence-electron chi connectivity index (χ4n) is 1.36. The van der Waals surface area contributed by atoms with Crippen LogP contribution in [0.5, 0.6) is 0 Å². The van der Waals surface area contributed by atoms with E-state index in [-0.39, 0.29) is 0 Å². The molecule has 0 saturated carbocycles. The second-order valence-electron chi connectivity index (χ2n) is 3.82. The first kappa shape index (κ1) is 11.9. The van der Waals surface area contributed by atoms with Crippen molar-refractivity contribution in [3.63, 3.8) is 0 Å². The average molecular weight is 172 g/mol. The normalized spacial score (nSPS) is 22.8. The van der Waals surface area contributed by atoms with Gasteiger partial charge < -0.3 is 10.6 Å². The predicted octanol–water partition coefficient (Wildman–Crippen LogP) is 1.70. The summed E-state index contributed by atoms with van der Waals surface area (Å²) < 4.78 is 0.